The van der Waals surface area contributed by atoms with Gasteiger partial charge in [-0.1, -0.05) is 11.6 Å². The van der Waals surface area contributed by atoms with Crippen LogP contribution in [0.25, 0.3) is 0 Å². The van der Waals surface area contributed by atoms with Crippen LogP contribution in [-0.4, -0.2) is 39.9 Å². The number of aliphatic imine (C=N–C) groups is 1. The van der Waals surface area contributed by atoms with Crippen molar-refractivity contribution in [3.05, 3.63) is 65.5 Å². The number of pyridine rings is 1. The van der Waals surface area contributed by atoms with Crippen molar-refractivity contribution < 1.29 is 31.8 Å². The molecule has 0 saturated carbocycles. The van der Waals surface area contributed by atoms with E-state index in [-0.39, 0.29) is 33.9 Å². The van der Waals surface area contributed by atoms with Crippen molar-refractivity contribution in [3.63, 3.8) is 0 Å². The number of benzene rings is 1. The van der Waals surface area contributed by atoms with Gasteiger partial charge in [-0.05, 0) is 24.3 Å². The van der Waals surface area contributed by atoms with Crippen LogP contribution in [0.2, 0.25) is 5.02 Å². The van der Waals surface area contributed by atoms with Gasteiger partial charge in [-0.25, -0.2) is 19.4 Å². The van der Waals surface area contributed by atoms with Gasteiger partial charge >= 0.3 is 6.18 Å². The Labute approximate surface area is 205 Å². The number of nitrogens with zero attached hydrogens (tertiary/aromatic N) is 4. The van der Waals surface area contributed by atoms with E-state index in [0.717, 1.165) is 24.5 Å². The van der Waals surface area contributed by atoms with Crippen molar-refractivity contribution in [3.8, 4) is 17.4 Å². The first-order chi connectivity index (χ1) is 17.0. The molecule has 0 saturated heterocycles. The summed E-state index contributed by atoms with van der Waals surface area (Å²) in [5.41, 5.74) is 7.96. The van der Waals surface area contributed by atoms with Crippen molar-refractivity contribution in [2.24, 2.45) is 10.7 Å². The number of carbonyl (C=O) groups is 1. The smallest absolute Gasteiger partial charge is 0.434 e. The van der Waals surface area contributed by atoms with Gasteiger partial charge < -0.3 is 26.3 Å². The molecule has 36 heavy (non-hydrogen) atoms. The van der Waals surface area contributed by atoms with Crippen LogP contribution in [0.1, 0.15) is 0 Å². The molecule has 3 rings (SSSR count). The molecular formula is C21H16ClF4N7O3. The number of ether oxygens (including phenoxy) is 2. The largest absolute Gasteiger partial charge is 0.493 e. The van der Waals surface area contributed by atoms with E-state index in [1.807, 2.05) is 0 Å². The zero-order chi connectivity index (χ0) is 26.5. The number of nitrogens with two attached hydrogens (primary N) is 2. The molecule has 0 aliphatic carbocycles. The lowest BCUT2D eigenvalue weighted by Gasteiger charge is -2.15. The molecule has 0 aliphatic heterocycles. The van der Waals surface area contributed by atoms with Crippen molar-refractivity contribution in [1.82, 2.24) is 15.0 Å². The Kier molecular flexibility index (Phi) is 7.89. The number of alkyl halides is 3. The topological polar surface area (TPSA) is 151 Å². The quantitative estimate of drug-likeness (QED) is 0.236. The summed E-state index contributed by atoms with van der Waals surface area (Å²) in [6.07, 6.45) is -2.44. The molecule has 0 fully saturated rings. The second kappa shape index (κ2) is 10.9. The molecule has 2 aromatic heterocycles. The highest BCUT2D eigenvalue weighted by molar-refractivity contribution is 6.34. The van der Waals surface area contributed by atoms with E-state index in [0.29, 0.717) is 6.20 Å². The summed E-state index contributed by atoms with van der Waals surface area (Å²) in [5, 5.41) is 1.97. The predicted molar refractivity (Wildman–Crippen MR) is 123 cm³/mol. The van der Waals surface area contributed by atoms with Crippen molar-refractivity contribution in [2.45, 2.75) is 6.18 Å². The van der Waals surface area contributed by atoms with E-state index < -0.39 is 35.0 Å². The van der Waals surface area contributed by atoms with Crippen LogP contribution in [-0.2, 0) is 4.79 Å². The van der Waals surface area contributed by atoms with Gasteiger partial charge in [0, 0.05) is 24.2 Å². The van der Waals surface area contributed by atoms with Crippen molar-refractivity contribution >= 4 is 40.5 Å². The molecule has 3 aromatic rings. The minimum atomic E-state index is -5.10. The van der Waals surface area contributed by atoms with Crippen LogP contribution in [0.4, 0.5) is 34.9 Å². The zero-order valence-corrected chi connectivity index (χ0v) is 18.9. The Hall–Kier alpha value is -4.46. The van der Waals surface area contributed by atoms with Gasteiger partial charge in [-0.2, -0.15) is 18.2 Å². The molecule has 0 bridgehead atoms. The molecule has 1 aromatic carbocycles. The number of hydrogen-bond acceptors (Lipinski definition) is 9. The Morgan fingerprint density at radius 3 is 2.58 bits per heavy atom. The molecule has 0 radical (unpaired) electrons. The van der Waals surface area contributed by atoms with Crippen LogP contribution in [0.3, 0.4) is 0 Å². The highest BCUT2D eigenvalue weighted by Gasteiger charge is 2.41. The standard InChI is InChI=1S/C21H16ClF4N7O3/c1-35-14-3-2-6-29-18(14)33-16(21(24,25)26)11(8-27)19(34)32-10-4-5-13(12(23)7-10)36-20-15(22)17(28)30-9-31-20/h2-9H,27H2,1H3,(H,32,34)(H2,28,30,31). The fourth-order valence-corrected chi connectivity index (χ4v) is 2.81. The Balaban J connectivity index is 1.87. The van der Waals surface area contributed by atoms with Gasteiger partial charge in [0.05, 0.1) is 12.7 Å². The first-order valence-electron chi connectivity index (χ1n) is 9.67. The van der Waals surface area contributed by atoms with E-state index in [2.05, 4.69) is 25.3 Å². The average molecular weight is 526 g/mol. The Bertz CT molecular complexity index is 1350. The van der Waals surface area contributed by atoms with Gasteiger partial charge in [-0.15, -0.1) is 0 Å². The predicted octanol–water partition coefficient (Wildman–Crippen LogP) is 4.16. The molecule has 188 valence electrons. The lowest BCUT2D eigenvalue weighted by molar-refractivity contribution is -0.113. The Morgan fingerprint density at radius 2 is 1.94 bits per heavy atom. The number of nitrogens with one attached hydrogen (secondary N) is 1. The van der Waals surface area contributed by atoms with Crippen LogP contribution in [0.5, 0.6) is 17.4 Å². The van der Waals surface area contributed by atoms with Gasteiger partial charge in [0.25, 0.3) is 5.91 Å². The first-order valence-corrected chi connectivity index (χ1v) is 10.0. The maximum atomic E-state index is 14.6. The van der Waals surface area contributed by atoms with E-state index >= 15 is 0 Å². The summed E-state index contributed by atoms with van der Waals surface area (Å²) in [6, 6.07) is 5.80. The lowest BCUT2D eigenvalue weighted by Crippen LogP contribution is -2.32. The van der Waals surface area contributed by atoms with Crippen LogP contribution in [0, 0.1) is 5.82 Å². The van der Waals surface area contributed by atoms with Gasteiger partial charge in [0.1, 0.15) is 17.2 Å². The molecule has 2 heterocycles. The highest BCUT2D eigenvalue weighted by Crippen LogP contribution is 2.33. The second-order valence-electron chi connectivity index (χ2n) is 6.65. The SMILES string of the molecule is COc1cccnc1N=C(C(=CN)C(=O)Nc1ccc(Oc2ncnc(N)c2Cl)c(F)c1)C(F)(F)F. The number of aromatic nitrogens is 3. The molecule has 1 amide bonds. The van der Waals surface area contributed by atoms with Gasteiger partial charge in [-0.3, -0.25) is 4.79 Å². The van der Waals surface area contributed by atoms with E-state index in [4.69, 9.17) is 32.5 Å². The molecular weight excluding hydrogens is 510 g/mol. The van der Waals surface area contributed by atoms with Crippen LogP contribution in [0.15, 0.2) is 59.6 Å². The summed E-state index contributed by atoms with van der Waals surface area (Å²) in [6.45, 7) is 0. The fraction of sp³-hybridized carbons (Fsp3) is 0.0952. The minimum Gasteiger partial charge on any atom is -0.493 e. The van der Waals surface area contributed by atoms with E-state index in [1.54, 1.807) is 0 Å². The average Bonchev–Trinajstić information content (AvgIpc) is 2.83. The molecule has 0 unspecified atom stereocenters. The van der Waals surface area contributed by atoms with Crippen LogP contribution < -0.4 is 26.3 Å². The molecule has 0 spiro atoms. The summed E-state index contributed by atoms with van der Waals surface area (Å²) < 4.78 is 66.1. The monoisotopic (exact) mass is 525 g/mol. The number of hydrogen-bond donors (Lipinski definition) is 3. The third kappa shape index (κ3) is 5.96. The van der Waals surface area contributed by atoms with Gasteiger partial charge in [0.2, 0.25) is 5.88 Å². The number of halogens is 5. The van der Waals surface area contributed by atoms with Crippen molar-refractivity contribution in [1.29, 1.82) is 0 Å². The third-order valence-corrected chi connectivity index (χ3v) is 4.66. The molecule has 0 aliphatic rings. The number of rotatable bonds is 7. The fourth-order valence-electron chi connectivity index (χ4n) is 2.67. The number of carbonyl (C=O) groups excluding carboxylic acids is 1. The number of nitrogen functional groups attached to an aromatic ring is 1. The maximum absolute atomic E-state index is 14.6. The minimum absolute atomic E-state index is 0.0702. The maximum Gasteiger partial charge on any atom is 0.434 e. The summed E-state index contributed by atoms with van der Waals surface area (Å²) >= 11 is 5.90. The van der Waals surface area contributed by atoms with E-state index in [1.165, 1.54) is 25.4 Å². The summed E-state index contributed by atoms with van der Waals surface area (Å²) in [7, 11) is 1.21. The third-order valence-electron chi connectivity index (χ3n) is 4.30. The lowest BCUT2D eigenvalue weighted by atomic mass is 10.1. The second-order valence-corrected chi connectivity index (χ2v) is 7.03. The first kappa shape index (κ1) is 26.2. The summed E-state index contributed by atoms with van der Waals surface area (Å²) in [4.78, 5) is 27.2. The van der Waals surface area contributed by atoms with Gasteiger partial charge in [0.15, 0.2) is 28.8 Å². The van der Waals surface area contributed by atoms with Crippen LogP contribution >= 0.6 is 11.6 Å². The number of anilines is 2. The van der Waals surface area contributed by atoms with Crippen molar-refractivity contribution in [2.75, 3.05) is 18.2 Å². The number of methoxy groups -OCH3 is 1. The highest BCUT2D eigenvalue weighted by atomic mass is 35.5. The molecule has 0 atom stereocenters. The molecule has 15 heteroatoms. The van der Waals surface area contributed by atoms with E-state index in [9.17, 15) is 22.4 Å². The molecule has 10 nitrogen and oxygen atoms in total. The zero-order valence-electron chi connectivity index (χ0n) is 18.2. The Morgan fingerprint density at radius 1 is 1.19 bits per heavy atom. The normalized spacial score (nSPS) is 12.3. The number of amides is 1. The summed E-state index contributed by atoms with van der Waals surface area (Å²) in [5.74, 6) is -3.51. The molecule has 5 N–H and O–H groups in total.